The Morgan fingerprint density at radius 2 is 2.20 bits per heavy atom. The number of benzene rings is 1. The Hall–Kier alpha value is -1.42. The lowest BCUT2D eigenvalue weighted by Gasteiger charge is -2.06. The molecule has 1 aromatic carbocycles. The number of hydrogen-bond acceptors (Lipinski definition) is 2. The van der Waals surface area contributed by atoms with Crippen molar-refractivity contribution in [3.63, 3.8) is 0 Å². The Labute approximate surface area is 92.6 Å². The van der Waals surface area contributed by atoms with Crippen molar-refractivity contribution in [3.05, 3.63) is 30.3 Å². The third kappa shape index (κ3) is 2.15. The zero-order valence-corrected chi connectivity index (χ0v) is 9.27. The molecule has 2 rings (SSSR count). The van der Waals surface area contributed by atoms with Crippen molar-refractivity contribution >= 4 is 28.5 Å². The number of hydrogen-bond donors (Lipinski definition) is 3. The van der Waals surface area contributed by atoms with Crippen LogP contribution in [0.2, 0.25) is 0 Å². The van der Waals surface area contributed by atoms with E-state index in [1.807, 2.05) is 25.1 Å². The summed E-state index contributed by atoms with van der Waals surface area (Å²) in [4.78, 5) is 3.29. The molecule has 0 saturated carbocycles. The lowest BCUT2D eigenvalue weighted by Crippen LogP contribution is -2.21. The van der Waals surface area contributed by atoms with Crippen LogP contribution in [-0.2, 0) is 0 Å². The molecule has 15 heavy (non-hydrogen) atoms. The Morgan fingerprint density at radius 1 is 1.47 bits per heavy atom. The first kappa shape index (κ1) is 10.1. The summed E-state index contributed by atoms with van der Waals surface area (Å²) in [5.41, 5.74) is 6.55. The number of aromatic nitrogens is 1. The van der Waals surface area contributed by atoms with Crippen LogP contribution < -0.4 is 5.73 Å². The van der Waals surface area contributed by atoms with Gasteiger partial charge in [-0.05, 0) is 19.1 Å². The van der Waals surface area contributed by atoms with Crippen molar-refractivity contribution in [2.24, 2.45) is 5.73 Å². The van der Waals surface area contributed by atoms with E-state index < -0.39 is 0 Å². The first-order valence-corrected chi connectivity index (χ1v) is 5.63. The number of fused-ring (bicyclic) bond motifs is 1. The summed E-state index contributed by atoms with van der Waals surface area (Å²) in [6.45, 7) is 1.93. The highest BCUT2D eigenvalue weighted by atomic mass is 32.2. The van der Waals surface area contributed by atoms with Crippen molar-refractivity contribution < 1.29 is 0 Å². The van der Waals surface area contributed by atoms with Gasteiger partial charge in [0.25, 0.3) is 0 Å². The number of rotatable bonds is 3. The topological polar surface area (TPSA) is 65.7 Å². The van der Waals surface area contributed by atoms with Gasteiger partial charge < -0.3 is 10.7 Å². The number of nitrogens with one attached hydrogen (secondary N) is 2. The van der Waals surface area contributed by atoms with E-state index in [0.717, 1.165) is 10.5 Å². The quantitative estimate of drug-likeness (QED) is 0.422. The molecule has 1 aromatic heterocycles. The molecule has 0 aliphatic carbocycles. The molecule has 0 bridgehead atoms. The molecule has 0 radical (unpaired) electrons. The van der Waals surface area contributed by atoms with Gasteiger partial charge in [-0.2, -0.15) is 0 Å². The standard InChI is InChI=1S/C11H13N3S/c1-7(11(12)13)15-10-6-8-4-2-3-5-9(8)14-10/h2-7,14H,1H3,(H3,12,13). The van der Waals surface area contributed by atoms with Crippen LogP contribution in [0.3, 0.4) is 0 Å². The number of thioether (sulfide) groups is 1. The number of para-hydroxylation sites is 1. The molecule has 1 unspecified atom stereocenters. The first-order chi connectivity index (χ1) is 7.16. The molecule has 0 aliphatic rings. The predicted octanol–water partition coefficient (Wildman–Crippen LogP) is 2.58. The highest BCUT2D eigenvalue weighted by Crippen LogP contribution is 2.26. The molecule has 3 nitrogen and oxygen atoms in total. The van der Waals surface area contributed by atoms with Gasteiger partial charge in [0.05, 0.1) is 10.3 Å². The summed E-state index contributed by atoms with van der Waals surface area (Å²) >= 11 is 1.57. The number of aromatic amines is 1. The lowest BCUT2D eigenvalue weighted by atomic mass is 10.3. The fourth-order valence-electron chi connectivity index (χ4n) is 1.36. The Bertz CT molecular complexity index is 456. The molecule has 0 saturated heterocycles. The first-order valence-electron chi connectivity index (χ1n) is 4.75. The molecular weight excluding hydrogens is 206 g/mol. The minimum atomic E-state index is 0.0121. The van der Waals surface area contributed by atoms with Crippen molar-refractivity contribution in [2.45, 2.75) is 17.2 Å². The van der Waals surface area contributed by atoms with Gasteiger partial charge in [0.2, 0.25) is 0 Å². The minimum Gasteiger partial charge on any atom is -0.387 e. The van der Waals surface area contributed by atoms with Gasteiger partial charge in [0.15, 0.2) is 0 Å². The average molecular weight is 219 g/mol. The van der Waals surface area contributed by atoms with Crippen molar-refractivity contribution in [3.8, 4) is 0 Å². The van der Waals surface area contributed by atoms with E-state index in [1.54, 1.807) is 11.8 Å². The monoisotopic (exact) mass is 219 g/mol. The number of nitrogens with two attached hydrogens (primary N) is 1. The summed E-state index contributed by atoms with van der Waals surface area (Å²) in [5.74, 6) is 0.207. The highest BCUT2D eigenvalue weighted by Gasteiger charge is 2.08. The van der Waals surface area contributed by atoms with Crippen LogP contribution >= 0.6 is 11.8 Å². The van der Waals surface area contributed by atoms with Crippen molar-refractivity contribution in [1.82, 2.24) is 4.98 Å². The maximum Gasteiger partial charge on any atom is 0.104 e. The summed E-state index contributed by atoms with van der Waals surface area (Å²) < 4.78 is 0. The largest absolute Gasteiger partial charge is 0.387 e. The molecule has 1 heterocycles. The van der Waals surface area contributed by atoms with E-state index in [9.17, 15) is 0 Å². The van der Waals surface area contributed by atoms with Crippen LogP contribution in [0.25, 0.3) is 10.9 Å². The Morgan fingerprint density at radius 3 is 2.87 bits per heavy atom. The van der Waals surface area contributed by atoms with E-state index in [0.29, 0.717) is 0 Å². The highest BCUT2D eigenvalue weighted by molar-refractivity contribution is 8.00. The molecular formula is C11H13N3S. The average Bonchev–Trinajstić information content (AvgIpc) is 2.59. The van der Waals surface area contributed by atoms with Crippen LogP contribution in [0.4, 0.5) is 0 Å². The SMILES string of the molecule is CC(Sc1cc2ccccc2[nH]1)C(=N)N. The normalized spacial score (nSPS) is 12.9. The fourth-order valence-corrected chi connectivity index (χ4v) is 2.24. The van der Waals surface area contributed by atoms with E-state index in [1.165, 1.54) is 5.39 Å². The van der Waals surface area contributed by atoms with Gasteiger partial charge in [-0.1, -0.05) is 30.0 Å². The van der Waals surface area contributed by atoms with E-state index in [4.69, 9.17) is 11.1 Å². The molecule has 4 heteroatoms. The molecule has 4 N–H and O–H groups in total. The van der Waals surface area contributed by atoms with Gasteiger partial charge in [0, 0.05) is 10.9 Å². The lowest BCUT2D eigenvalue weighted by molar-refractivity contribution is 1.18. The Kier molecular flexibility index (Phi) is 2.68. The van der Waals surface area contributed by atoms with Gasteiger partial charge in [-0.3, -0.25) is 5.41 Å². The van der Waals surface area contributed by atoms with Gasteiger partial charge in [-0.25, -0.2) is 0 Å². The molecule has 0 spiro atoms. The van der Waals surface area contributed by atoms with Crippen LogP contribution in [0.15, 0.2) is 35.4 Å². The number of amidine groups is 1. The summed E-state index contributed by atoms with van der Waals surface area (Å²) in [7, 11) is 0. The maximum absolute atomic E-state index is 7.33. The maximum atomic E-state index is 7.33. The molecule has 2 aromatic rings. The van der Waals surface area contributed by atoms with Crippen LogP contribution in [0.1, 0.15) is 6.92 Å². The zero-order valence-electron chi connectivity index (χ0n) is 8.45. The summed E-state index contributed by atoms with van der Waals surface area (Å²) in [6.07, 6.45) is 0. The second kappa shape index (κ2) is 3.98. The second-order valence-electron chi connectivity index (χ2n) is 3.44. The van der Waals surface area contributed by atoms with Crippen LogP contribution in [0.5, 0.6) is 0 Å². The summed E-state index contributed by atoms with van der Waals surface area (Å²) in [6, 6.07) is 10.2. The zero-order chi connectivity index (χ0) is 10.8. The van der Waals surface area contributed by atoms with Crippen molar-refractivity contribution in [2.75, 3.05) is 0 Å². The molecule has 78 valence electrons. The molecule has 0 amide bonds. The van der Waals surface area contributed by atoms with E-state index in [-0.39, 0.29) is 11.1 Å². The van der Waals surface area contributed by atoms with Gasteiger partial charge in [0.1, 0.15) is 5.84 Å². The van der Waals surface area contributed by atoms with Gasteiger partial charge in [-0.15, -0.1) is 0 Å². The molecule has 0 fully saturated rings. The molecule has 1 atom stereocenters. The fraction of sp³-hybridized carbons (Fsp3) is 0.182. The minimum absolute atomic E-state index is 0.0121. The summed E-state index contributed by atoms with van der Waals surface area (Å²) in [5, 5.41) is 9.58. The van der Waals surface area contributed by atoms with E-state index >= 15 is 0 Å². The third-order valence-corrected chi connectivity index (χ3v) is 3.33. The smallest absolute Gasteiger partial charge is 0.104 e. The predicted molar refractivity (Wildman–Crippen MR) is 65.5 cm³/mol. The van der Waals surface area contributed by atoms with Crippen molar-refractivity contribution in [1.29, 1.82) is 5.41 Å². The Balaban J connectivity index is 2.26. The van der Waals surface area contributed by atoms with Crippen LogP contribution in [-0.4, -0.2) is 16.1 Å². The van der Waals surface area contributed by atoms with Gasteiger partial charge >= 0.3 is 0 Å². The number of H-pyrrole nitrogens is 1. The van der Waals surface area contributed by atoms with Crippen LogP contribution in [0, 0.1) is 5.41 Å². The third-order valence-electron chi connectivity index (χ3n) is 2.25. The molecule has 0 aliphatic heterocycles. The van der Waals surface area contributed by atoms with E-state index in [2.05, 4.69) is 17.1 Å². The second-order valence-corrected chi connectivity index (χ2v) is 4.82.